The smallest absolute Gasteiger partial charge is 0.225 e. The van der Waals surface area contributed by atoms with Crippen LogP contribution >= 0.6 is 0 Å². The van der Waals surface area contributed by atoms with Crippen LogP contribution in [0.25, 0.3) is 0 Å². The number of nitrogens with zero attached hydrogens (tertiary/aromatic N) is 4. The molecule has 7 heteroatoms. The number of pyridine rings is 1. The summed E-state index contributed by atoms with van der Waals surface area (Å²) in [5.41, 5.74) is 2.55. The van der Waals surface area contributed by atoms with Crippen molar-refractivity contribution in [1.29, 1.82) is 5.26 Å². The lowest BCUT2D eigenvalue weighted by atomic mass is 10.1. The number of benzene rings is 1. The quantitative estimate of drug-likeness (QED) is 0.606. The molecule has 1 aliphatic carbocycles. The van der Waals surface area contributed by atoms with E-state index >= 15 is 0 Å². The lowest BCUT2D eigenvalue weighted by molar-refractivity contribution is -0.134. The Bertz CT molecular complexity index is 1020. The van der Waals surface area contributed by atoms with Crippen LogP contribution in [0.1, 0.15) is 62.0 Å². The topological polar surface area (TPSA) is 78.7 Å². The van der Waals surface area contributed by atoms with Crippen LogP contribution in [0.15, 0.2) is 36.4 Å². The Morgan fingerprint density at radius 3 is 2.67 bits per heavy atom. The molecule has 0 bridgehead atoms. The molecule has 0 spiro atoms. The minimum atomic E-state index is -0.135. The fourth-order valence-electron chi connectivity index (χ4n) is 4.40. The van der Waals surface area contributed by atoms with E-state index in [0.29, 0.717) is 55.7 Å². The zero-order chi connectivity index (χ0) is 23.4. The molecule has 4 rings (SSSR count). The van der Waals surface area contributed by atoms with Crippen LogP contribution in [0, 0.1) is 11.3 Å². The highest BCUT2D eigenvalue weighted by atomic mass is 16.5. The predicted molar refractivity (Wildman–Crippen MR) is 126 cm³/mol. The van der Waals surface area contributed by atoms with E-state index in [1.54, 1.807) is 7.11 Å². The van der Waals surface area contributed by atoms with Crippen LogP contribution in [0.3, 0.4) is 0 Å². The maximum atomic E-state index is 12.5. The van der Waals surface area contributed by atoms with Crippen molar-refractivity contribution in [3.63, 3.8) is 0 Å². The fourth-order valence-corrected chi connectivity index (χ4v) is 4.40. The molecule has 2 aromatic rings. The third-order valence-corrected chi connectivity index (χ3v) is 6.42. The second kappa shape index (κ2) is 10.2. The summed E-state index contributed by atoms with van der Waals surface area (Å²) in [5.74, 6) is 1.89. The van der Waals surface area contributed by atoms with Gasteiger partial charge in [0.2, 0.25) is 5.91 Å². The van der Waals surface area contributed by atoms with Gasteiger partial charge in [0.05, 0.1) is 24.3 Å². The van der Waals surface area contributed by atoms with Crippen LogP contribution in [0.5, 0.6) is 5.75 Å². The number of anilines is 1. The molecule has 2 fully saturated rings. The molecule has 1 saturated heterocycles. The molecule has 2 aliphatic rings. The van der Waals surface area contributed by atoms with Crippen molar-refractivity contribution >= 4 is 11.7 Å². The third kappa shape index (κ3) is 5.28. The maximum Gasteiger partial charge on any atom is 0.225 e. The molecule has 33 heavy (non-hydrogen) atoms. The predicted octanol–water partition coefficient (Wildman–Crippen LogP) is 4.04. The first-order chi connectivity index (χ1) is 16.0. The summed E-state index contributed by atoms with van der Waals surface area (Å²) in [5, 5.41) is 9.92. The summed E-state index contributed by atoms with van der Waals surface area (Å²) in [7, 11) is 1.61. The van der Waals surface area contributed by atoms with E-state index in [1.165, 1.54) is 0 Å². The van der Waals surface area contributed by atoms with Crippen molar-refractivity contribution < 1.29 is 14.3 Å². The number of amides is 1. The van der Waals surface area contributed by atoms with E-state index in [2.05, 4.69) is 11.0 Å². The highest BCUT2D eigenvalue weighted by Crippen LogP contribution is 2.45. The number of rotatable bonds is 8. The zero-order valence-corrected chi connectivity index (χ0v) is 19.7. The number of nitriles is 1. The largest absolute Gasteiger partial charge is 0.484 e. The lowest BCUT2D eigenvalue weighted by Crippen LogP contribution is -2.54. The molecule has 1 aliphatic heterocycles. The number of hydrogen-bond donors (Lipinski definition) is 0. The minimum Gasteiger partial charge on any atom is -0.484 e. The molecule has 0 radical (unpaired) electrons. The van der Waals surface area contributed by atoms with Gasteiger partial charge in [0, 0.05) is 44.8 Å². The molecular weight excluding hydrogens is 416 g/mol. The van der Waals surface area contributed by atoms with E-state index in [-0.39, 0.29) is 18.1 Å². The average molecular weight is 449 g/mol. The van der Waals surface area contributed by atoms with Gasteiger partial charge in [-0.1, -0.05) is 30.3 Å². The molecule has 174 valence electrons. The number of ether oxygens (including phenoxy) is 2. The van der Waals surface area contributed by atoms with Crippen molar-refractivity contribution in [3.05, 3.63) is 53.2 Å². The fraction of sp³-hybridized carbons (Fsp3) is 0.500. The van der Waals surface area contributed by atoms with E-state index < -0.39 is 0 Å². The third-order valence-electron chi connectivity index (χ3n) is 6.42. The Kier molecular flexibility index (Phi) is 7.14. The average Bonchev–Trinajstić information content (AvgIpc) is 3.68. The first kappa shape index (κ1) is 23.1. The van der Waals surface area contributed by atoms with Crippen molar-refractivity contribution in [2.45, 2.75) is 51.2 Å². The van der Waals surface area contributed by atoms with Crippen LogP contribution < -0.4 is 9.64 Å². The summed E-state index contributed by atoms with van der Waals surface area (Å²) in [6, 6.07) is 14.3. The Balaban J connectivity index is 1.55. The molecule has 7 nitrogen and oxygen atoms in total. The van der Waals surface area contributed by atoms with Gasteiger partial charge in [0.15, 0.2) is 0 Å². The summed E-state index contributed by atoms with van der Waals surface area (Å²) in [6.07, 6.45) is 2.43. The molecule has 1 aromatic carbocycles. The Labute approximate surface area is 195 Å². The highest BCUT2D eigenvalue weighted by molar-refractivity contribution is 5.77. The number of carbonyl (C=O) groups excluding carboxylic acids is 1. The van der Waals surface area contributed by atoms with Gasteiger partial charge in [-0.25, -0.2) is 4.98 Å². The SMILES string of the molecule is COCCC(=O)N1CCN(c2nc(C3CC3)c(OC(C)c3ccccc3)cc2C#N)C[C@H]1C. The molecule has 1 saturated carbocycles. The van der Waals surface area contributed by atoms with Gasteiger partial charge in [-0.2, -0.15) is 5.26 Å². The molecule has 0 N–H and O–H groups in total. The van der Waals surface area contributed by atoms with Gasteiger partial charge in [0.1, 0.15) is 23.7 Å². The minimum absolute atomic E-state index is 0.0369. The van der Waals surface area contributed by atoms with Gasteiger partial charge in [-0.05, 0) is 32.3 Å². The summed E-state index contributed by atoms with van der Waals surface area (Å²) in [6.45, 7) is 6.40. The number of aromatic nitrogens is 1. The van der Waals surface area contributed by atoms with Crippen molar-refractivity contribution in [3.8, 4) is 11.8 Å². The van der Waals surface area contributed by atoms with E-state index in [0.717, 1.165) is 24.1 Å². The van der Waals surface area contributed by atoms with Crippen molar-refractivity contribution in [1.82, 2.24) is 9.88 Å². The molecule has 1 unspecified atom stereocenters. The first-order valence-electron chi connectivity index (χ1n) is 11.7. The van der Waals surface area contributed by atoms with Crippen LogP contribution in [0.2, 0.25) is 0 Å². The van der Waals surface area contributed by atoms with Crippen LogP contribution in [0.4, 0.5) is 5.82 Å². The van der Waals surface area contributed by atoms with E-state index in [4.69, 9.17) is 14.5 Å². The molecule has 1 aromatic heterocycles. The Morgan fingerprint density at radius 1 is 1.27 bits per heavy atom. The standard InChI is InChI=1S/C26H32N4O3/c1-18-17-29(12-13-30(18)24(31)11-14-32-3)26-22(16-27)15-23(25(28-26)21-9-10-21)33-19(2)20-7-5-4-6-8-20/h4-8,15,18-19,21H,9-14,17H2,1-3H3/t18-,19?/m1/s1. The summed E-state index contributed by atoms with van der Waals surface area (Å²) in [4.78, 5) is 21.5. The van der Waals surface area contributed by atoms with Crippen molar-refractivity contribution in [2.75, 3.05) is 38.3 Å². The van der Waals surface area contributed by atoms with E-state index in [1.807, 2.05) is 55.1 Å². The number of carbonyl (C=O) groups is 1. The summed E-state index contributed by atoms with van der Waals surface area (Å²) >= 11 is 0. The summed E-state index contributed by atoms with van der Waals surface area (Å²) < 4.78 is 11.4. The number of piperazine rings is 1. The van der Waals surface area contributed by atoms with Gasteiger partial charge < -0.3 is 19.3 Å². The normalized spacial score (nSPS) is 19.2. The molecular formula is C26H32N4O3. The Hall–Kier alpha value is -3.11. The van der Waals surface area contributed by atoms with Gasteiger partial charge in [-0.15, -0.1) is 0 Å². The molecule has 2 heterocycles. The van der Waals surface area contributed by atoms with Crippen LogP contribution in [-0.2, 0) is 9.53 Å². The first-order valence-corrected chi connectivity index (χ1v) is 11.7. The zero-order valence-electron chi connectivity index (χ0n) is 19.7. The monoisotopic (exact) mass is 448 g/mol. The number of methoxy groups -OCH3 is 1. The Morgan fingerprint density at radius 2 is 2.03 bits per heavy atom. The van der Waals surface area contributed by atoms with Gasteiger partial charge >= 0.3 is 0 Å². The number of hydrogen-bond acceptors (Lipinski definition) is 6. The lowest BCUT2D eigenvalue weighted by Gasteiger charge is -2.41. The second-order valence-electron chi connectivity index (χ2n) is 8.92. The van der Waals surface area contributed by atoms with Crippen molar-refractivity contribution in [2.24, 2.45) is 0 Å². The maximum absolute atomic E-state index is 12.5. The molecule has 1 amide bonds. The van der Waals surface area contributed by atoms with Gasteiger partial charge in [0.25, 0.3) is 0 Å². The highest BCUT2D eigenvalue weighted by Gasteiger charge is 2.33. The van der Waals surface area contributed by atoms with Gasteiger partial charge in [-0.3, -0.25) is 4.79 Å². The second-order valence-corrected chi connectivity index (χ2v) is 8.92. The van der Waals surface area contributed by atoms with E-state index in [9.17, 15) is 10.1 Å². The van der Waals surface area contributed by atoms with Crippen LogP contribution in [-0.4, -0.2) is 55.2 Å². The molecule has 2 atom stereocenters.